The zero-order valence-electron chi connectivity index (χ0n) is 13.4. The van der Waals surface area contributed by atoms with E-state index in [1.54, 1.807) is 0 Å². The van der Waals surface area contributed by atoms with Gasteiger partial charge in [-0.3, -0.25) is 4.90 Å². The highest BCUT2D eigenvalue weighted by atomic mass is 16.3. The quantitative estimate of drug-likeness (QED) is 0.777. The molecule has 3 heteroatoms. The number of hydrogen-bond donors (Lipinski definition) is 1. The SMILES string of the molecule is CCC(CC)N(C)Cc1cc(CNC(C)C)c(C)o1. The molecule has 1 aromatic rings. The first kappa shape index (κ1) is 16.3. The second-order valence-electron chi connectivity index (χ2n) is 5.72. The molecular weight excluding hydrogens is 236 g/mol. The summed E-state index contributed by atoms with van der Waals surface area (Å²) in [4.78, 5) is 2.39. The van der Waals surface area contributed by atoms with Crippen molar-refractivity contribution in [3.8, 4) is 0 Å². The third kappa shape index (κ3) is 5.00. The van der Waals surface area contributed by atoms with E-state index in [-0.39, 0.29) is 0 Å². The Morgan fingerprint density at radius 3 is 2.42 bits per heavy atom. The first-order chi connectivity index (χ1) is 8.97. The molecule has 1 heterocycles. The Kier molecular flexibility index (Phi) is 6.59. The summed E-state index contributed by atoms with van der Waals surface area (Å²) < 4.78 is 5.88. The van der Waals surface area contributed by atoms with E-state index in [9.17, 15) is 0 Å². The minimum absolute atomic E-state index is 0.505. The van der Waals surface area contributed by atoms with Gasteiger partial charge in [0, 0.05) is 24.2 Å². The Balaban J connectivity index is 2.62. The Labute approximate surface area is 118 Å². The summed E-state index contributed by atoms with van der Waals surface area (Å²) in [7, 11) is 2.18. The van der Waals surface area contributed by atoms with Gasteiger partial charge in [-0.2, -0.15) is 0 Å². The normalized spacial score (nSPS) is 12.1. The van der Waals surface area contributed by atoms with Gasteiger partial charge in [0.05, 0.1) is 6.54 Å². The van der Waals surface area contributed by atoms with Gasteiger partial charge in [-0.1, -0.05) is 27.7 Å². The molecule has 0 bridgehead atoms. The lowest BCUT2D eigenvalue weighted by atomic mass is 10.1. The maximum Gasteiger partial charge on any atom is 0.118 e. The first-order valence-electron chi connectivity index (χ1n) is 7.49. The third-order valence-corrected chi connectivity index (χ3v) is 3.74. The van der Waals surface area contributed by atoms with Crippen molar-refractivity contribution in [3.63, 3.8) is 0 Å². The fourth-order valence-electron chi connectivity index (χ4n) is 2.44. The van der Waals surface area contributed by atoms with Crippen LogP contribution in [0.3, 0.4) is 0 Å². The van der Waals surface area contributed by atoms with Crippen molar-refractivity contribution in [2.24, 2.45) is 0 Å². The molecule has 19 heavy (non-hydrogen) atoms. The van der Waals surface area contributed by atoms with E-state index >= 15 is 0 Å². The molecule has 0 unspecified atom stereocenters. The van der Waals surface area contributed by atoms with E-state index in [1.807, 2.05) is 0 Å². The van der Waals surface area contributed by atoms with Crippen LogP contribution < -0.4 is 5.32 Å². The van der Waals surface area contributed by atoms with Crippen LogP contribution >= 0.6 is 0 Å². The molecule has 0 aliphatic carbocycles. The van der Waals surface area contributed by atoms with Crippen LogP contribution in [0, 0.1) is 6.92 Å². The molecule has 0 amide bonds. The molecular formula is C16H30N2O. The van der Waals surface area contributed by atoms with Crippen molar-refractivity contribution in [3.05, 3.63) is 23.2 Å². The molecule has 0 aliphatic heterocycles. The fraction of sp³-hybridized carbons (Fsp3) is 0.750. The largest absolute Gasteiger partial charge is 0.465 e. The number of aryl methyl sites for hydroxylation is 1. The fourth-order valence-corrected chi connectivity index (χ4v) is 2.44. The van der Waals surface area contributed by atoms with Crippen molar-refractivity contribution in [2.75, 3.05) is 7.05 Å². The van der Waals surface area contributed by atoms with Gasteiger partial charge < -0.3 is 9.73 Å². The molecule has 0 radical (unpaired) electrons. The van der Waals surface area contributed by atoms with Gasteiger partial charge in [-0.05, 0) is 32.9 Å². The third-order valence-electron chi connectivity index (χ3n) is 3.74. The van der Waals surface area contributed by atoms with Gasteiger partial charge in [-0.15, -0.1) is 0 Å². The molecule has 1 aromatic heterocycles. The van der Waals surface area contributed by atoms with Gasteiger partial charge in [0.25, 0.3) is 0 Å². The Bertz CT molecular complexity index is 367. The molecule has 0 atom stereocenters. The Hall–Kier alpha value is -0.800. The number of hydrogen-bond acceptors (Lipinski definition) is 3. The van der Waals surface area contributed by atoms with Crippen molar-refractivity contribution in [1.82, 2.24) is 10.2 Å². The standard InChI is InChI=1S/C16H30N2O/c1-7-15(8-2)18(6)11-16-9-14(13(5)19-16)10-17-12(3)4/h9,12,15,17H,7-8,10-11H2,1-6H3. The molecule has 110 valence electrons. The summed E-state index contributed by atoms with van der Waals surface area (Å²) in [5.41, 5.74) is 1.28. The second kappa shape index (κ2) is 7.71. The van der Waals surface area contributed by atoms with E-state index < -0.39 is 0 Å². The van der Waals surface area contributed by atoms with Gasteiger partial charge >= 0.3 is 0 Å². The van der Waals surface area contributed by atoms with Crippen LogP contribution in [0.5, 0.6) is 0 Å². The van der Waals surface area contributed by atoms with Crippen LogP contribution in [-0.4, -0.2) is 24.0 Å². The van der Waals surface area contributed by atoms with Gasteiger partial charge in [0.15, 0.2) is 0 Å². The molecule has 3 nitrogen and oxygen atoms in total. The topological polar surface area (TPSA) is 28.4 Å². The van der Waals surface area contributed by atoms with E-state index in [1.165, 1.54) is 18.4 Å². The Morgan fingerprint density at radius 2 is 1.89 bits per heavy atom. The lowest BCUT2D eigenvalue weighted by molar-refractivity contribution is 0.204. The van der Waals surface area contributed by atoms with Crippen molar-refractivity contribution >= 4 is 0 Å². The number of furan rings is 1. The molecule has 0 spiro atoms. The molecule has 0 saturated carbocycles. The smallest absolute Gasteiger partial charge is 0.118 e. The van der Waals surface area contributed by atoms with Crippen LogP contribution in [0.15, 0.2) is 10.5 Å². The van der Waals surface area contributed by atoms with Crippen molar-refractivity contribution < 1.29 is 4.42 Å². The lowest BCUT2D eigenvalue weighted by Gasteiger charge is -2.24. The lowest BCUT2D eigenvalue weighted by Crippen LogP contribution is -2.29. The minimum Gasteiger partial charge on any atom is -0.465 e. The molecule has 1 N–H and O–H groups in total. The maximum atomic E-state index is 5.88. The monoisotopic (exact) mass is 266 g/mol. The van der Waals surface area contributed by atoms with Crippen molar-refractivity contribution in [1.29, 1.82) is 0 Å². The highest BCUT2D eigenvalue weighted by Crippen LogP contribution is 2.18. The number of nitrogens with zero attached hydrogens (tertiary/aromatic N) is 1. The summed E-state index contributed by atoms with van der Waals surface area (Å²) in [6.45, 7) is 12.7. The predicted octanol–water partition coefficient (Wildman–Crippen LogP) is 3.71. The molecule has 1 rings (SSSR count). The second-order valence-corrected chi connectivity index (χ2v) is 5.72. The molecule has 0 aromatic carbocycles. The summed E-state index contributed by atoms with van der Waals surface area (Å²) in [6.07, 6.45) is 2.38. The highest BCUT2D eigenvalue weighted by molar-refractivity contribution is 5.20. The molecule has 0 aliphatic rings. The van der Waals surface area contributed by atoms with E-state index in [0.29, 0.717) is 12.1 Å². The number of nitrogens with one attached hydrogen (secondary N) is 1. The van der Waals surface area contributed by atoms with Gasteiger partial charge in [0.2, 0.25) is 0 Å². The average molecular weight is 266 g/mol. The van der Waals surface area contributed by atoms with Gasteiger partial charge in [-0.25, -0.2) is 0 Å². The van der Waals surface area contributed by atoms with E-state index in [4.69, 9.17) is 4.42 Å². The van der Waals surface area contributed by atoms with E-state index in [0.717, 1.165) is 24.6 Å². The summed E-state index contributed by atoms with van der Waals surface area (Å²) >= 11 is 0. The zero-order valence-corrected chi connectivity index (χ0v) is 13.4. The zero-order chi connectivity index (χ0) is 14.4. The summed E-state index contributed by atoms with van der Waals surface area (Å²) in [6, 6.07) is 3.34. The van der Waals surface area contributed by atoms with Crippen LogP contribution in [0.2, 0.25) is 0 Å². The summed E-state index contributed by atoms with van der Waals surface area (Å²) in [5.74, 6) is 2.12. The van der Waals surface area contributed by atoms with Crippen LogP contribution in [0.1, 0.15) is 57.6 Å². The van der Waals surface area contributed by atoms with Crippen molar-refractivity contribution in [2.45, 2.75) is 72.6 Å². The predicted molar refractivity (Wildman–Crippen MR) is 81.3 cm³/mol. The van der Waals surface area contributed by atoms with Crippen LogP contribution in [0.4, 0.5) is 0 Å². The molecule has 0 fully saturated rings. The first-order valence-corrected chi connectivity index (χ1v) is 7.49. The highest BCUT2D eigenvalue weighted by Gasteiger charge is 2.14. The average Bonchev–Trinajstić information content (AvgIpc) is 2.68. The number of rotatable bonds is 8. The Morgan fingerprint density at radius 1 is 1.26 bits per heavy atom. The maximum absolute atomic E-state index is 5.88. The minimum atomic E-state index is 0.505. The van der Waals surface area contributed by atoms with Gasteiger partial charge in [0.1, 0.15) is 11.5 Å². The van der Waals surface area contributed by atoms with Crippen LogP contribution in [-0.2, 0) is 13.1 Å². The summed E-state index contributed by atoms with van der Waals surface area (Å²) in [5, 5.41) is 3.44. The van der Waals surface area contributed by atoms with E-state index in [2.05, 4.69) is 57.9 Å². The molecule has 0 saturated heterocycles. The van der Waals surface area contributed by atoms with Crippen LogP contribution in [0.25, 0.3) is 0 Å².